The number of pyridine rings is 2. The number of hydrogen-bond acceptors (Lipinski definition) is 6. The number of nitrogens with two attached hydrogens (primary N) is 1. The molecular weight excluding hydrogens is 266 g/mol. The Hall–Kier alpha value is -2.50. The molecule has 0 unspecified atom stereocenters. The van der Waals surface area contributed by atoms with Gasteiger partial charge in [0.15, 0.2) is 5.82 Å². The predicted molar refractivity (Wildman–Crippen MR) is 83.9 cm³/mol. The molecule has 0 spiro atoms. The third kappa shape index (κ3) is 2.84. The van der Waals surface area contributed by atoms with Crippen molar-refractivity contribution in [3.8, 4) is 5.88 Å². The molecule has 0 saturated carbocycles. The summed E-state index contributed by atoms with van der Waals surface area (Å²) in [7, 11) is 1.63. The van der Waals surface area contributed by atoms with Crippen LogP contribution < -0.4 is 20.3 Å². The maximum atomic E-state index is 5.99. The molecule has 3 heterocycles. The Kier molecular flexibility index (Phi) is 3.77. The van der Waals surface area contributed by atoms with Crippen LogP contribution in [0, 0.1) is 0 Å². The van der Waals surface area contributed by atoms with Crippen molar-refractivity contribution in [1.82, 2.24) is 9.97 Å². The van der Waals surface area contributed by atoms with Crippen LogP contribution in [-0.2, 0) is 0 Å². The average Bonchev–Trinajstić information content (AvgIpc) is 2.56. The van der Waals surface area contributed by atoms with Gasteiger partial charge in [-0.05, 0) is 18.2 Å². The zero-order chi connectivity index (χ0) is 14.7. The minimum atomic E-state index is 0.643. The normalized spacial score (nSPS) is 15.1. The van der Waals surface area contributed by atoms with Gasteiger partial charge in [-0.1, -0.05) is 0 Å². The summed E-state index contributed by atoms with van der Waals surface area (Å²) in [6.45, 7) is 3.63. The topological polar surface area (TPSA) is 67.5 Å². The van der Waals surface area contributed by atoms with Crippen molar-refractivity contribution in [3.63, 3.8) is 0 Å². The molecule has 0 atom stereocenters. The quantitative estimate of drug-likeness (QED) is 0.919. The van der Waals surface area contributed by atoms with E-state index in [2.05, 4.69) is 19.8 Å². The van der Waals surface area contributed by atoms with Gasteiger partial charge in [0.2, 0.25) is 5.88 Å². The van der Waals surface area contributed by atoms with Crippen LogP contribution in [0.15, 0.2) is 36.7 Å². The first-order valence-corrected chi connectivity index (χ1v) is 6.98. The van der Waals surface area contributed by atoms with E-state index in [9.17, 15) is 0 Å². The fourth-order valence-corrected chi connectivity index (χ4v) is 2.56. The first-order chi connectivity index (χ1) is 10.3. The number of ether oxygens (including phenoxy) is 1. The monoisotopic (exact) mass is 285 g/mol. The van der Waals surface area contributed by atoms with Crippen molar-refractivity contribution in [1.29, 1.82) is 0 Å². The van der Waals surface area contributed by atoms with Crippen molar-refractivity contribution in [3.05, 3.63) is 36.7 Å². The highest BCUT2D eigenvalue weighted by molar-refractivity contribution is 5.63. The first kappa shape index (κ1) is 13.5. The highest BCUT2D eigenvalue weighted by Crippen LogP contribution is 2.24. The smallest absolute Gasteiger partial charge is 0.214 e. The van der Waals surface area contributed by atoms with E-state index >= 15 is 0 Å². The second-order valence-corrected chi connectivity index (χ2v) is 4.95. The maximum Gasteiger partial charge on any atom is 0.214 e. The van der Waals surface area contributed by atoms with Crippen molar-refractivity contribution < 1.29 is 4.74 Å². The van der Waals surface area contributed by atoms with E-state index in [4.69, 9.17) is 10.5 Å². The lowest BCUT2D eigenvalue weighted by Gasteiger charge is -2.37. The van der Waals surface area contributed by atoms with E-state index in [0.717, 1.165) is 43.4 Å². The number of anilines is 3. The van der Waals surface area contributed by atoms with Crippen LogP contribution in [0.2, 0.25) is 0 Å². The van der Waals surface area contributed by atoms with E-state index in [-0.39, 0.29) is 0 Å². The summed E-state index contributed by atoms with van der Waals surface area (Å²) in [6, 6.07) is 7.72. The van der Waals surface area contributed by atoms with Gasteiger partial charge in [0, 0.05) is 50.3 Å². The summed E-state index contributed by atoms with van der Waals surface area (Å²) in [4.78, 5) is 13.1. The highest BCUT2D eigenvalue weighted by Gasteiger charge is 2.20. The van der Waals surface area contributed by atoms with Crippen LogP contribution in [0.1, 0.15) is 0 Å². The number of aromatic nitrogens is 2. The molecule has 1 aliphatic rings. The lowest BCUT2D eigenvalue weighted by atomic mass is 10.2. The predicted octanol–water partition coefficient (Wildman–Crippen LogP) is 1.39. The molecule has 1 fully saturated rings. The summed E-state index contributed by atoms with van der Waals surface area (Å²) >= 11 is 0. The third-order valence-corrected chi connectivity index (χ3v) is 3.69. The van der Waals surface area contributed by atoms with Gasteiger partial charge in [-0.3, -0.25) is 0 Å². The van der Waals surface area contributed by atoms with Crippen molar-refractivity contribution in [2.24, 2.45) is 0 Å². The molecule has 1 saturated heterocycles. The molecule has 6 heteroatoms. The lowest BCUT2D eigenvalue weighted by Crippen LogP contribution is -2.47. The second-order valence-electron chi connectivity index (χ2n) is 4.95. The minimum Gasteiger partial charge on any atom is -0.481 e. The lowest BCUT2D eigenvalue weighted by molar-refractivity contribution is 0.398. The van der Waals surface area contributed by atoms with Crippen LogP contribution in [0.4, 0.5) is 17.2 Å². The molecule has 6 nitrogen and oxygen atoms in total. The van der Waals surface area contributed by atoms with Crippen LogP contribution in [-0.4, -0.2) is 43.3 Å². The van der Waals surface area contributed by atoms with E-state index in [1.165, 1.54) is 0 Å². The zero-order valence-corrected chi connectivity index (χ0v) is 12.1. The fraction of sp³-hybridized carbons (Fsp3) is 0.333. The Balaban J connectivity index is 1.69. The van der Waals surface area contributed by atoms with Gasteiger partial charge >= 0.3 is 0 Å². The summed E-state index contributed by atoms with van der Waals surface area (Å²) in [5, 5.41) is 0. The second kappa shape index (κ2) is 5.87. The SMILES string of the molecule is COc1cc(N2CCN(c3ncccc3N)CC2)ccn1. The van der Waals surface area contributed by atoms with Gasteiger partial charge < -0.3 is 20.3 Å². The fourth-order valence-electron chi connectivity index (χ4n) is 2.56. The van der Waals surface area contributed by atoms with Gasteiger partial charge in [-0.2, -0.15) is 0 Å². The van der Waals surface area contributed by atoms with Crippen molar-refractivity contribution >= 4 is 17.2 Å². The van der Waals surface area contributed by atoms with Crippen molar-refractivity contribution in [2.45, 2.75) is 0 Å². The summed E-state index contributed by atoms with van der Waals surface area (Å²) in [5.74, 6) is 1.52. The van der Waals surface area contributed by atoms with E-state index < -0.39 is 0 Å². The average molecular weight is 285 g/mol. The molecule has 0 radical (unpaired) electrons. The van der Waals surface area contributed by atoms with Gasteiger partial charge in [-0.15, -0.1) is 0 Å². The Labute approximate surface area is 124 Å². The maximum absolute atomic E-state index is 5.99. The highest BCUT2D eigenvalue weighted by atomic mass is 16.5. The molecular formula is C15H19N5O. The molecule has 0 aliphatic carbocycles. The van der Waals surface area contributed by atoms with Gasteiger partial charge in [0.1, 0.15) is 0 Å². The molecule has 2 aromatic rings. The van der Waals surface area contributed by atoms with E-state index in [1.54, 1.807) is 19.5 Å². The van der Waals surface area contributed by atoms with Crippen LogP contribution in [0.25, 0.3) is 0 Å². The molecule has 21 heavy (non-hydrogen) atoms. The Morgan fingerprint density at radius 2 is 1.81 bits per heavy atom. The number of nitrogens with zero attached hydrogens (tertiary/aromatic N) is 4. The Morgan fingerprint density at radius 3 is 2.52 bits per heavy atom. The summed E-state index contributed by atoms with van der Waals surface area (Å²) < 4.78 is 5.18. The van der Waals surface area contributed by atoms with Gasteiger partial charge in [0.05, 0.1) is 12.8 Å². The van der Waals surface area contributed by atoms with E-state index in [1.807, 2.05) is 24.3 Å². The standard InChI is InChI=1S/C15H19N5O/c1-21-14-11-12(4-6-17-14)19-7-9-20(10-8-19)15-13(16)3-2-5-18-15/h2-6,11H,7-10,16H2,1H3. The third-order valence-electron chi connectivity index (χ3n) is 3.69. The van der Waals surface area contributed by atoms with Crippen LogP contribution >= 0.6 is 0 Å². The largest absolute Gasteiger partial charge is 0.481 e. The summed E-state index contributed by atoms with van der Waals surface area (Å²) in [6.07, 6.45) is 3.56. The zero-order valence-electron chi connectivity index (χ0n) is 12.1. The number of piperazine rings is 1. The van der Waals surface area contributed by atoms with Crippen molar-refractivity contribution in [2.75, 3.05) is 48.8 Å². The number of nitrogen functional groups attached to an aromatic ring is 1. The first-order valence-electron chi connectivity index (χ1n) is 6.98. The van der Waals surface area contributed by atoms with Crippen LogP contribution in [0.5, 0.6) is 5.88 Å². The molecule has 110 valence electrons. The molecule has 1 aliphatic heterocycles. The number of rotatable bonds is 3. The molecule has 0 amide bonds. The van der Waals surface area contributed by atoms with Gasteiger partial charge in [-0.25, -0.2) is 9.97 Å². The van der Waals surface area contributed by atoms with E-state index in [0.29, 0.717) is 5.88 Å². The molecule has 2 aromatic heterocycles. The summed E-state index contributed by atoms with van der Waals surface area (Å²) in [5.41, 5.74) is 7.86. The van der Waals surface area contributed by atoms with Gasteiger partial charge in [0.25, 0.3) is 0 Å². The molecule has 0 bridgehead atoms. The number of hydrogen-bond donors (Lipinski definition) is 1. The molecule has 0 aromatic carbocycles. The van der Waals surface area contributed by atoms with Crippen LogP contribution in [0.3, 0.4) is 0 Å². The Morgan fingerprint density at radius 1 is 1.05 bits per heavy atom. The minimum absolute atomic E-state index is 0.643. The number of methoxy groups -OCH3 is 1. The molecule has 2 N–H and O–H groups in total. The molecule has 3 rings (SSSR count). The Bertz CT molecular complexity index is 611.